The van der Waals surface area contributed by atoms with E-state index in [1.165, 1.54) is 0 Å². The van der Waals surface area contributed by atoms with Gasteiger partial charge in [-0.05, 0) is 5.92 Å². The maximum atomic E-state index is 4.03. The molecule has 0 fully saturated rings. The minimum absolute atomic E-state index is 0.434. The zero-order chi connectivity index (χ0) is 7.40. The summed E-state index contributed by atoms with van der Waals surface area (Å²) in [4.78, 5) is 4.03. The van der Waals surface area contributed by atoms with Crippen molar-refractivity contribution in [1.29, 1.82) is 0 Å². The third kappa shape index (κ3) is 2.20. The van der Waals surface area contributed by atoms with Crippen molar-refractivity contribution >= 4 is 11.3 Å². The standard InChI is InChI=1S/C8H9NS/c1-7(2)3-4-8-9-5-6-10-8/h5-7H,1-2H3. The lowest BCUT2D eigenvalue weighted by Crippen LogP contribution is -1.77. The Balaban J connectivity index is 2.66. The summed E-state index contributed by atoms with van der Waals surface area (Å²) in [6.07, 6.45) is 1.77. The molecule has 1 rings (SSSR count). The molecular formula is C8H9NS. The second-order valence-corrected chi connectivity index (χ2v) is 3.16. The molecule has 1 aromatic heterocycles. The summed E-state index contributed by atoms with van der Waals surface area (Å²) < 4.78 is 0. The lowest BCUT2D eigenvalue weighted by atomic mass is 10.2. The third-order valence-electron chi connectivity index (χ3n) is 0.900. The maximum Gasteiger partial charge on any atom is 0.166 e. The van der Waals surface area contributed by atoms with E-state index < -0.39 is 0 Å². The lowest BCUT2D eigenvalue weighted by molar-refractivity contribution is 0.866. The molecular weight excluding hydrogens is 142 g/mol. The van der Waals surface area contributed by atoms with Crippen LogP contribution in [0.25, 0.3) is 0 Å². The predicted octanol–water partition coefficient (Wildman–Crippen LogP) is 2.15. The lowest BCUT2D eigenvalue weighted by Gasteiger charge is -1.84. The van der Waals surface area contributed by atoms with Gasteiger partial charge < -0.3 is 0 Å². The Morgan fingerprint density at radius 2 is 2.40 bits per heavy atom. The predicted molar refractivity (Wildman–Crippen MR) is 43.8 cm³/mol. The van der Waals surface area contributed by atoms with Crippen LogP contribution >= 0.6 is 11.3 Å². The molecule has 0 bridgehead atoms. The summed E-state index contributed by atoms with van der Waals surface area (Å²) in [5, 5.41) is 2.85. The monoisotopic (exact) mass is 151 g/mol. The number of nitrogens with zero attached hydrogens (tertiary/aromatic N) is 1. The average Bonchev–Trinajstić information content (AvgIpc) is 2.34. The highest BCUT2D eigenvalue weighted by Gasteiger charge is 1.86. The van der Waals surface area contributed by atoms with Crippen molar-refractivity contribution in [3.63, 3.8) is 0 Å². The number of thiazole rings is 1. The summed E-state index contributed by atoms with van der Waals surface area (Å²) in [6.45, 7) is 4.14. The number of rotatable bonds is 0. The molecule has 1 nitrogen and oxygen atoms in total. The normalized spacial score (nSPS) is 9.10. The van der Waals surface area contributed by atoms with E-state index in [0.717, 1.165) is 5.01 Å². The van der Waals surface area contributed by atoms with Crippen molar-refractivity contribution in [2.24, 2.45) is 5.92 Å². The van der Waals surface area contributed by atoms with Gasteiger partial charge in [-0.15, -0.1) is 11.3 Å². The van der Waals surface area contributed by atoms with Gasteiger partial charge in [0.2, 0.25) is 0 Å². The molecule has 0 radical (unpaired) electrons. The quantitative estimate of drug-likeness (QED) is 0.518. The summed E-state index contributed by atoms with van der Waals surface area (Å²) >= 11 is 1.58. The Kier molecular flexibility index (Phi) is 2.47. The second-order valence-electron chi connectivity index (χ2n) is 2.26. The zero-order valence-electron chi connectivity index (χ0n) is 6.09. The smallest absolute Gasteiger partial charge is 0.166 e. The van der Waals surface area contributed by atoms with Gasteiger partial charge in [0, 0.05) is 17.5 Å². The van der Waals surface area contributed by atoms with Crippen LogP contribution in [0.15, 0.2) is 11.6 Å². The molecule has 0 aliphatic heterocycles. The molecule has 10 heavy (non-hydrogen) atoms. The van der Waals surface area contributed by atoms with Crippen LogP contribution < -0.4 is 0 Å². The second kappa shape index (κ2) is 3.38. The Labute approximate surface area is 65.1 Å². The fraction of sp³-hybridized carbons (Fsp3) is 0.375. The molecule has 1 aromatic rings. The van der Waals surface area contributed by atoms with Crippen LogP contribution in [-0.4, -0.2) is 4.98 Å². The Morgan fingerprint density at radius 1 is 1.60 bits per heavy atom. The van der Waals surface area contributed by atoms with E-state index in [1.807, 2.05) is 5.38 Å². The minimum atomic E-state index is 0.434. The van der Waals surface area contributed by atoms with Gasteiger partial charge in [0.05, 0.1) is 0 Å². The maximum absolute atomic E-state index is 4.03. The van der Waals surface area contributed by atoms with Crippen molar-refractivity contribution in [2.45, 2.75) is 13.8 Å². The molecule has 2 heteroatoms. The number of hydrogen-bond donors (Lipinski definition) is 0. The molecule has 0 atom stereocenters. The molecule has 0 aliphatic carbocycles. The highest BCUT2D eigenvalue weighted by atomic mass is 32.1. The van der Waals surface area contributed by atoms with E-state index in [2.05, 4.69) is 30.7 Å². The molecule has 0 unspecified atom stereocenters. The summed E-state index contributed by atoms with van der Waals surface area (Å²) in [5.74, 6) is 6.46. The van der Waals surface area contributed by atoms with E-state index in [4.69, 9.17) is 0 Å². The Bertz CT molecular complexity index is 238. The van der Waals surface area contributed by atoms with Crippen LogP contribution in [-0.2, 0) is 0 Å². The van der Waals surface area contributed by atoms with Crippen molar-refractivity contribution in [2.75, 3.05) is 0 Å². The molecule has 0 aromatic carbocycles. The van der Waals surface area contributed by atoms with Crippen LogP contribution in [0.3, 0.4) is 0 Å². The van der Waals surface area contributed by atoms with Gasteiger partial charge in [0.15, 0.2) is 5.01 Å². The van der Waals surface area contributed by atoms with Crippen molar-refractivity contribution in [3.8, 4) is 11.8 Å². The van der Waals surface area contributed by atoms with E-state index in [1.54, 1.807) is 17.5 Å². The van der Waals surface area contributed by atoms with E-state index in [-0.39, 0.29) is 0 Å². The van der Waals surface area contributed by atoms with Crippen LogP contribution in [0.5, 0.6) is 0 Å². The molecule has 0 aliphatic rings. The Morgan fingerprint density at radius 3 is 2.90 bits per heavy atom. The fourth-order valence-corrected chi connectivity index (χ4v) is 0.981. The van der Waals surface area contributed by atoms with E-state index in [9.17, 15) is 0 Å². The summed E-state index contributed by atoms with van der Waals surface area (Å²) in [7, 11) is 0. The summed E-state index contributed by atoms with van der Waals surface area (Å²) in [6, 6.07) is 0. The van der Waals surface area contributed by atoms with Crippen LogP contribution in [0.1, 0.15) is 18.9 Å². The average molecular weight is 151 g/mol. The van der Waals surface area contributed by atoms with Crippen LogP contribution in [0, 0.1) is 17.8 Å². The molecule has 0 amide bonds. The van der Waals surface area contributed by atoms with Gasteiger partial charge in [-0.1, -0.05) is 19.8 Å². The molecule has 1 heterocycles. The van der Waals surface area contributed by atoms with Crippen molar-refractivity contribution in [1.82, 2.24) is 4.98 Å². The first kappa shape index (κ1) is 7.30. The SMILES string of the molecule is CC(C)C#Cc1nccs1. The van der Waals surface area contributed by atoms with E-state index >= 15 is 0 Å². The van der Waals surface area contributed by atoms with Gasteiger partial charge >= 0.3 is 0 Å². The van der Waals surface area contributed by atoms with Gasteiger partial charge in [0.25, 0.3) is 0 Å². The fourth-order valence-electron chi connectivity index (χ4n) is 0.491. The zero-order valence-corrected chi connectivity index (χ0v) is 6.90. The molecule has 0 N–H and O–H groups in total. The molecule has 0 spiro atoms. The topological polar surface area (TPSA) is 12.9 Å². The van der Waals surface area contributed by atoms with E-state index in [0.29, 0.717) is 5.92 Å². The Hall–Kier alpha value is -0.810. The van der Waals surface area contributed by atoms with Crippen LogP contribution in [0.4, 0.5) is 0 Å². The van der Waals surface area contributed by atoms with Crippen LogP contribution in [0.2, 0.25) is 0 Å². The highest BCUT2D eigenvalue weighted by molar-refractivity contribution is 7.10. The van der Waals surface area contributed by atoms with Gasteiger partial charge in [-0.25, -0.2) is 4.98 Å². The summed E-state index contributed by atoms with van der Waals surface area (Å²) in [5.41, 5.74) is 0. The minimum Gasteiger partial charge on any atom is -0.236 e. The number of aromatic nitrogens is 1. The molecule has 0 saturated heterocycles. The molecule has 52 valence electrons. The highest BCUT2D eigenvalue weighted by Crippen LogP contribution is 2.01. The molecule has 0 saturated carbocycles. The first-order chi connectivity index (χ1) is 4.79. The first-order valence-corrected chi connectivity index (χ1v) is 4.08. The largest absolute Gasteiger partial charge is 0.236 e. The van der Waals surface area contributed by atoms with Gasteiger partial charge in [-0.3, -0.25) is 0 Å². The first-order valence-electron chi connectivity index (χ1n) is 3.20. The van der Waals surface area contributed by atoms with Gasteiger partial charge in [0.1, 0.15) is 0 Å². The van der Waals surface area contributed by atoms with Gasteiger partial charge in [-0.2, -0.15) is 0 Å². The number of hydrogen-bond acceptors (Lipinski definition) is 2. The third-order valence-corrected chi connectivity index (χ3v) is 1.59. The van der Waals surface area contributed by atoms with Crippen molar-refractivity contribution < 1.29 is 0 Å². The van der Waals surface area contributed by atoms with Crippen molar-refractivity contribution in [3.05, 3.63) is 16.6 Å².